The smallest absolute Gasteiger partial charge is 0.251 e. The summed E-state index contributed by atoms with van der Waals surface area (Å²) >= 11 is 4.33. The molecule has 0 bridgehead atoms. The summed E-state index contributed by atoms with van der Waals surface area (Å²) in [6.07, 6.45) is 10.8. The van der Waals surface area contributed by atoms with Gasteiger partial charge in [-0.25, -0.2) is 4.98 Å². The predicted molar refractivity (Wildman–Crippen MR) is 217 cm³/mol. The zero-order valence-corrected chi connectivity index (χ0v) is 32.8. The summed E-state index contributed by atoms with van der Waals surface area (Å²) < 4.78 is 14.0. The maximum Gasteiger partial charge on any atom is 0.251 e. The Morgan fingerprint density at radius 2 is 1.78 bits per heavy atom. The van der Waals surface area contributed by atoms with Gasteiger partial charge in [-0.3, -0.25) is 4.79 Å². The number of nitrogens with one attached hydrogen (secondary N) is 1. The minimum absolute atomic E-state index is 0.0497. The van der Waals surface area contributed by atoms with E-state index in [1.165, 1.54) is 5.69 Å². The molecule has 0 fully saturated rings. The molecule has 50 heavy (non-hydrogen) atoms. The quantitative estimate of drug-likeness (QED) is 0.0377. The molecule has 0 aliphatic carbocycles. The molecule has 1 aliphatic heterocycles. The number of unbranched alkanes of at least 4 members (excludes halogenated alkanes) is 1. The Labute approximate surface area is 316 Å². The molecule has 0 radical (unpaired) electrons. The van der Waals surface area contributed by atoms with Crippen molar-refractivity contribution in [2.45, 2.75) is 81.0 Å². The Kier molecular flexibility index (Phi) is 14.7. The van der Waals surface area contributed by atoms with Crippen LogP contribution in [0.15, 0.2) is 89.7 Å². The molecule has 1 aromatic heterocycles. The highest BCUT2D eigenvalue weighted by Gasteiger charge is 2.24. The standard InChI is InChI=1S/C41H51IN4O3S/c1-5-7-21-48-22-23-49-37-14-8-31(9-15-37)32-10-18-39-34(24-32)25-33(11-19-40(42)46(39)27-30(3)4)41(47)44-35-12-16-38(17-13-35)50-28-36-26-43-29-45(36)20-6-2/h8-10,12-18,24-26,29-30,40H,5-7,11,19-23,27-28H2,1-4H3,(H,44,47). The van der Waals surface area contributed by atoms with E-state index in [0.29, 0.717) is 25.6 Å². The lowest BCUT2D eigenvalue weighted by molar-refractivity contribution is -0.112. The molecule has 3 aromatic carbocycles. The minimum Gasteiger partial charge on any atom is -0.491 e. The number of halogens is 1. The maximum atomic E-state index is 13.8. The first-order valence-electron chi connectivity index (χ1n) is 17.9. The number of hydrogen-bond donors (Lipinski definition) is 1. The number of amides is 1. The Hall–Kier alpha value is -3.28. The van der Waals surface area contributed by atoms with Crippen LogP contribution in [0, 0.1) is 5.92 Å². The third-order valence-electron chi connectivity index (χ3n) is 8.60. The van der Waals surface area contributed by atoms with Crippen molar-refractivity contribution in [2.75, 3.05) is 36.6 Å². The highest BCUT2D eigenvalue weighted by molar-refractivity contribution is 14.1. The molecule has 1 amide bonds. The molecule has 7 nitrogen and oxygen atoms in total. The number of imidazole rings is 1. The molecule has 1 N–H and O–H groups in total. The number of thioether (sulfide) groups is 1. The van der Waals surface area contributed by atoms with Gasteiger partial charge in [-0.1, -0.05) is 74.9 Å². The van der Waals surface area contributed by atoms with Gasteiger partial charge in [0, 0.05) is 59.2 Å². The van der Waals surface area contributed by atoms with Crippen molar-refractivity contribution >= 4 is 57.7 Å². The van der Waals surface area contributed by atoms with Gasteiger partial charge in [0.1, 0.15) is 12.4 Å². The molecular weight excluding hydrogens is 755 g/mol. The summed E-state index contributed by atoms with van der Waals surface area (Å²) in [5.41, 5.74) is 7.26. The topological polar surface area (TPSA) is 68.6 Å². The van der Waals surface area contributed by atoms with Gasteiger partial charge in [0.25, 0.3) is 5.91 Å². The first-order chi connectivity index (χ1) is 24.3. The van der Waals surface area contributed by atoms with E-state index < -0.39 is 0 Å². The monoisotopic (exact) mass is 806 g/mol. The maximum absolute atomic E-state index is 13.8. The number of rotatable bonds is 17. The van der Waals surface area contributed by atoms with Crippen LogP contribution < -0.4 is 15.0 Å². The number of aryl methyl sites for hydroxylation is 1. The Bertz CT molecular complexity index is 1690. The Morgan fingerprint density at radius 3 is 2.52 bits per heavy atom. The number of ether oxygens (including phenoxy) is 2. The number of nitrogens with zero attached hydrogens (tertiary/aromatic N) is 3. The Morgan fingerprint density at radius 1 is 1.00 bits per heavy atom. The number of alkyl halides is 1. The molecule has 2 heterocycles. The molecule has 5 rings (SSSR count). The highest BCUT2D eigenvalue weighted by atomic mass is 127. The lowest BCUT2D eigenvalue weighted by Gasteiger charge is -2.35. The first kappa shape index (κ1) is 38.0. The van der Waals surface area contributed by atoms with Gasteiger partial charge in [-0.05, 0) is 103 Å². The van der Waals surface area contributed by atoms with E-state index in [4.69, 9.17) is 9.47 Å². The summed E-state index contributed by atoms with van der Waals surface area (Å²) in [6.45, 7) is 12.7. The van der Waals surface area contributed by atoms with Crippen molar-refractivity contribution in [3.8, 4) is 16.9 Å². The average Bonchev–Trinajstić information content (AvgIpc) is 3.56. The van der Waals surface area contributed by atoms with Crippen molar-refractivity contribution < 1.29 is 14.3 Å². The second kappa shape index (κ2) is 19.4. The number of fused-ring (bicyclic) bond motifs is 1. The van der Waals surface area contributed by atoms with E-state index in [1.54, 1.807) is 11.8 Å². The average molecular weight is 807 g/mol. The molecule has 0 spiro atoms. The first-order valence-corrected chi connectivity index (χ1v) is 20.2. The zero-order chi connectivity index (χ0) is 35.3. The summed E-state index contributed by atoms with van der Waals surface area (Å²) in [5.74, 6) is 2.15. The second-order valence-electron chi connectivity index (χ2n) is 13.1. The zero-order valence-electron chi connectivity index (χ0n) is 29.9. The van der Waals surface area contributed by atoms with Crippen molar-refractivity contribution in [1.82, 2.24) is 9.55 Å². The highest BCUT2D eigenvalue weighted by Crippen LogP contribution is 2.37. The van der Waals surface area contributed by atoms with Gasteiger partial charge >= 0.3 is 0 Å². The lowest BCUT2D eigenvalue weighted by atomic mass is 9.96. The van der Waals surface area contributed by atoms with Crippen LogP contribution in [0.1, 0.15) is 71.1 Å². The van der Waals surface area contributed by atoms with Crippen LogP contribution in [-0.2, 0) is 21.8 Å². The van der Waals surface area contributed by atoms with Crippen LogP contribution in [0.3, 0.4) is 0 Å². The fraction of sp³-hybridized carbons (Fsp3) is 0.415. The summed E-state index contributed by atoms with van der Waals surface area (Å²) in [5, 5.41) is 3.19. The summed E-state index contributed by atoms with van der Waals surface area (Å²) in [7, 11) is 0. The van der Waals surface area contributed by atoms with E-state index >= 15 is 0 Å². The number of hydrogen-bond acceptors (Lipinski definition) is 6. The van der Waals surface area contributed by atoms with Gasteiger partial charge in [0.2, 0.25) is 0 Å². The summed E-state index contributed by atoms with van der Waals surface area (Å²) in [4.78, 5) is 21.8. The van der Waals surface area contributed by atoms with Crippen molar-refractivity contribution in [2.24, 2.45) is 5.92 Å². The number of benzene rings is 3. The van der Waals surface area contributed by atoms with Crippen LogP contribution in [-0.4, -0.2) is 45.9 Å². The van der Waals surface area contributed by atoms with Crippen LogP contribution in [0.2, 0.25) is 0 Å². The lowest BCUT2D eigenvalue weighted by Crippen LogP contribution is -2.35. The second-order valence-corrected chi connectivity index (χ2v) is 15.6. The van der Waals surface area contributed by atoms with E-state index in [0.717, 1.165) is 95.4 Å². The number of aromatic nitrogens is 2. The van der Waals surface area contributed by atoms with Gasteiger partial charge in [0.15, 0.2) is 0 Å². The molecule has 0 saturated carbocycles. The van der Waals surface area contributed by atoms with E-state index in [9.17, 15) is 4.79 Å². The van der Waals surface area contributed by atoms with Crippen molar-refractivity contribution in [3.05, 3.63) is 96.1 Å². The molecule has 0 saturated heterocycles. The largest absolute Gasteiger partial charge is 0.491 e. The third-order valence-corrected chi connectivity index (χ3v) is 10.9. The fourth-order valence-corrected chi connectivity index (χ4v) is 7.68. The Balaban J connectivity index is 1.31. The predicted octanol–water partition coefficient (Wildman–Crippen LogP) is 10.5. The molecule has 4 aromatic rings. The molecule has 266 valence electrons. The normalized spacial score (nSPS) is 14.6. The van der Waals surface area contributed by atoms with Crippen LogP contribution in [0.25, 0.3) is 17.2 Å². The molecule has 9 heteroatoms. The minimum atomic E-state index is -0.0497. The van der Waals surface area contributed by atoms with E-state index in [2.05, 4.69) is 119 Å². The summed E-state index contributed by atoms with van der Waals surface area (Å²) in [6, 6.07) is 23.0. The van der Waals surface area contributed by atoms with Gasteiger partial charge in [-0.15, -0.1) is 11.8 Å². The molecular formula is C41H51IN4O3S. The number of carbonyl (C=O) groups excluding carboxylic acids is 1. The van der Waals surface area contributed by atoms with Gasteiger partial charge < -0.3 is 24.3 Å². The van der Waals surface area contributed by atoms with E-state index in [-0.39, 0.29) is 9.96 Å². The SMILES string of the molecule is CCCCOCCOc1ccc(-c2ccc3c(c2)C=C(C(=O)Nc2ccc(SCc4cncn4CCC)cc2)CCC(I)N3CC(C)C)cc1. The van der Waals surface area contributed by atoms with Gasteiger partial charge in [0.05, 0.1) is 17.0 Å². The molecule has 1 atom stereocenters. The van der Waals surface area contributed by atoms with Crippen molar-refractivity contribution in [1.29, 1.82) is 0 Å². The van der Waals surface area contributed by atoms with Crippen LogP contribution in [0.5, 0.6) is 5.75 Å². The van der Waals surface area contributed by atoms with Gasteiger partial charge in [-0.2, -0.15) is 0 Å². The fourth-order valence-electron chi connectivity index (χ4n) is 5.96. The molecule has 1 unspecified atom stereocenters. The molecule has 1 aliphatic rings. The van der Waals surface area contributed by atoms with E-state index in [1.807, 2.05) is 36.8 Å². The number of anilines is 2. The number of carbonyl (C=O) groups is 1. The van der Waals surface area contributed by atoms with Crippen molar-refractivity contribution in [3.63, 3.8) is 0 Å². The van der Waals surface area contributed by atoms with Crippen LogP contribution >= 0.6 is 34.4 Å². The third kappa shape index (κ3) is 10.9. The van der Waals surface area contributed by atoms with Crippen LogP contribution in [0.4, 0.5) is 11.4 Å².